The normalized spacial score (nSPS) is 26.8. The number of carbonyl (C=O) groups excluding carboxylic acids is 1. The van der Waals surface area contributed by atoms with Crippen LogP contribution in [0, 0.1) is 0 Å². The van der Waals surface area contributed by atoms with Gasteiger partial charge < -0.3 is 9.64 Å². The number of nitrogens with zero attached hydrogens (tertiary/aromatic N) is 2. The van der Waals surface area contributed by atoms with Gasteiger partial charge >= 0.3 is 0 Å². The summed E-state index contributed by atoms with van der Waals surface area (Å²) in [6.45, 7) is 9.34. The summed E-state index contributed by atoms with van der Waals surface area (Å²) in [7, 11) is 0. The van der Waals surface area contributed by atoms with E-state index in [1.165, 1.54) is 0 Å². The van der Waals surface area contributed by atoms with Gasteiger partial charge in [0.1, 0.15) is 0 Å². The van der Waals surface area contributed by atoms with Crippen molar-refractivity contribution in [2.24, 2.45) is 0 Å². The molecular weight excluding hydrogens is 312 g/mol. The topological polar surface area (TPSA) is 32.8 Å². The average molecular weight is 337 g/mol. The lowest BCUT2D eigenvalue weighted by atomic mass is 10.1. The Morgan fingerprint density at radius 1 is 1.26 bits per heavy atom. The first-order chi connectivity index (χ1) is 10.9. The Hall–Kier alpha value is -1.10. The molecule has 0 aromatic heterocycles. The number of ether oxygens (including phenoxy) is 1. The minimum absolute atomic E-state index is 0.0141. The van der Waals surface area contributed by atoms with E-state index in [1.807, 2.05) is 29.2 Å². The fourth-order valence-electron chi connectivity index (χ4n) is 3.53. The largest absolute Gasteiger partial charge is 0.371 e. The van der Waals surface area contributed by atoms with Crippen molar-refractivity contribution in [3.05, 3.63) is 34.9 Å². The predicted molar refractivity (Wildman–Crippen MR) is 91.6 cm³/mol. The van der Waals surface area contributed by atoms with Crippen molar-refractivity contribution in [1.82, 2.24) is 9.80 Å². The zero-order chi connectivity index (χ0) is 16.6. The van der Waals surface area contributed by atoms with Crippen molar-refractivity contribution in [2.75, 3.05) is 26.2 Å². The van der Waals surface area contributed by atoms with Gasteiger partial charge in [0.05, 0.1) is 18.8 Å². The molecule has 0 aliphatic carbocycles. The van der Waals surface area contributed by atoms with Gasteiger partial charge in [0.15, 0.2) is 0 Å². The molecule has 0 radical (unpaired) electrons. The van der Waals surface area contributed by atoms with Crippen molar-refractivity contribution in [3.8, 4) is 0 Å². The molecule has 126 valence electrons. The van der Waals surface area contributed by atoms with Crippen molar-refractivity contribution in [3.63, 3.8) is 0 Å². The van der Waals surface area contributed by atoms with Gasteiger partial charge in [-0.3, -0.25) is 9.69 Å². The van der Waals surface area contributed by atoms with Crippen molar-refractivity contribution < 1.29 is 9.53 Å². The summed E-state index contributed by atoms with van der Waals surface area (Å²) < 4.78 is 5.91. The lowest BCUT2D eigenvalue weighted by molar-refractivity contribution is -0.138. The van der Waals surface area contributed by atoms with Crippen LogP contribution in [0.3, 0.4) is 0 Å². The Morgan fingerprint density at radius 3 is 2.70 bits per heavy atom. The van der Waals surface area contributed by atoms with E-state index >= 15 is 0 Å². The van der Waals surface area contributed by atoms with Gasteiger partial charge in [-0.25, -0.2) is 0 Å². The van der Waals surface area contributed by atoms with Crippen LogP contribution < -0.4 is 0 Å². The Kier molecular flexibility index (Phi) is 4.68. The fraction of sp³-hybridized carbons (Fsp3) is 0.611. The van der Waals surface area contributed by atoms with E-state index in [0.717, 1.165) is 36.6 Å². The molecule has 0 spiro atoms. The highest BCUT2D eigenvalue weighted by Crippen LogP contribution is 2.30. The number of carbonyl (C=O) groups is 1. The van der Waals surface area contributed by atoms with E-state index in [0.29, 0.717) is 6.61 Å². The van der Waals surface area contributed by atoms with Crippen LogP contribution in [0.15, 0.2) is 24.3 Å². The molecule has 0 N–H and O–H groups in total. The molecule has 4 nitrogen and oxygen atoms in total. The first-order valence-corrected chi connectivity index (χ1v) is 8.66. The molecular formula is C18H25ClN2O2. The predicted octanol–water partition coefficient (Wildman–Crippen LogP) is 3.11. The minimum atomic E-state index is -0.107. The highest BCUT2D eigenvalue weighted by atomic mass is 35.5. The SMILES string of the molecule is CC(C)(C)N1CCC(N2CCOC(c3cccc(Cl)c3)C2)C1=O. The van der Waals surface area contributed by atoms with E-state index in [2.05, 4.69) is 25.7 Å². The number of likely N-dealkylation sites (tertiary alicyclic amines) is 1. The van der Waals surface area contributed by atoms with Crippen molar-refractivity contribution >= 4 is 17.5 Å². The molecule has 0 saturated carbocycles. The van der Waals surface area contributed by atoms with Gasteiger partial charge in [0.25, 0.3) is 0 Å². The number of rotatable bonds is 2. The van der Waals surface area contributed by atoms with Gasteiger partial charge in [-0.05, 0) is 44.9 Å². The molecule has 2 aliphatic heterocycles. The second-order valence-electron chi connectivity index (χ2n) is 7.37. The summed E-state index contributed by atoms with van der Waals surface area (Å²) in [4.78, 5) is 17.1. The second-order valence-corrected chi connectivity index (χ2v) is 7.81. The molecule has 23 heavy (non-hydrogen) atoms. The van der Waals surface area contributed by atoms with Crippen LogP contribution in [0.4, 0.5) is 0 Å². The van der Waals surface area contributed by atoms with Crippen LogP contribution in [0.1, 0.15) is 38.9 Å². The summed E-state index contributed by atoms with van der Waals surface area (Å²) in [6, 6.07) is 7.79. The first kappa shape index (κ1) is 16.7. The molecule has 2 aliphatic rings. The van der Waals surface area contributed by atoms with E-state index in [9.17, 15) is 4.79 Å². The molecule has 5 heteroatoms. The Bertz CT molecular complexity index is 585. The van der Waals surface area contributed by atoms with Gasteiger partial charge in [-0.15, -0.1) is 0 Å². The van der Waals surface area contributed by atoms with Crippen molar-refractivity contribution in [1.29, 1.82) is 0 Å². The molecule has 1 aromatic carbocycles. The van der Waals surface area contributed by atoms with Gasteiger partial charge in [0, 0.05) is 30.2 Å². The third-order valence-corrected chi connectivity index (χ3v) is 4.98. The quantitative estimate of drug-likeness (QED) is 0.832. The van der Waals surface area contributed by atoms with Crippen LogP contribution in [-0.2, 0) is 9.53 Å². The van der Waals surface area contributed by atoms with Crippen molar-refractivity contribution in [2.45, 2.75) is 44.9 Å². The molecule has 1 amide bonds. The molecule has 2 heterocycles. The van der Waals surface area contributed by atoms with Crippen LogP contribution in [-0.4, -0.2) is 53.5 Å². The number of morpholine rings is 1. The van der Waals surface area contributed by atoms with Gasteiger partial charge in [-0.1, -0.05) is 23.7 Å². The molecule has 1 aromatic rings. The fourth-order valence-corrected chi connectivity index (χ4v) is 3.73. The smallest absolute Gasteiger partial charge is 0.240 e. The number of benzene rings is 1. The molecule has 3 rings (SSSR count). The molecule has 2 saturated heterocycles. The number of hydrogen-bond donors (Lipinski definition) is 0. The summed E-state index contributed by atoms with van der Waals surface area (Å²) in [5, 5.41) is 0.721. The molecule has 2 unspecified atom stereocenters. The summed E-state index contributed by atoms with van der Waals surface area (Å²) in [6.07, 6.45) is 0.886. The highest BCUT2D eigenvalue weighted by molar-refractivity contribution is 6.30. The maximum atomic E-state index is 12.8. The third kappa shape index (κ3) is 3.54. The summed E-state index contributed by atoms with van der Waals surface area (Å²) >= 11 is 6.09. The monoisotopic (exact) mass is 336 g/mol. The molecule has 2 atom stereocenters. The standard InChI is InChI=1S/C18H25ClN2O2/c1-18(2,3)21-8-7-15(17(21)22)20-9-10-23-16(12-20)13-5-4-6-14(19)11-13/h4-6,11,15-16H,7-10,12H2,1-3H3. The van der Waals surface area contributed by atoms with Crippen LogP contribution >= 0.6 is 11.6 Å². The number of amides is 1. The first-order valence-electron chi connectivity index (χ1n) is 8.29. The van der Waals surface area contributed by atoms with Gasteiger partial charge in [-0.2, -0.15) is 0 Å². The zero-order valence-electron chi connectivity index (χ0n) is 14.1. The Labute approximate surface area is 143 Å². The Morgan fingerprint density at radius 2 is 2.04 bits per heavy atom. The summed E-state index contributed by atoms with van der Waals surface area (Å²) in [5.41, 5.74) is 0.977. The number of hydrogen-bond acceptors (Lipinski definition) is 3. The molecule has 2 fully saturated rings. The van der Waals surface area contributed by atoms with E-state index < -0.39 is 0 Å². The third-order valence-electron chi connectivity index (χ3n) is 4.75. The lowest BCUT2D eigenvalue weighted by Crippen LogP contribution is -2.51. The van der Waals surface area contributed by atoms with E-state index in [-0.39, 0.29) is 23.6 Å². The maximum Gasteiger partial charge on any atom is 0.240 e. The number of halogens is 1. The summed E-state index contributed by atoms with van der Waals surface area (Å²) in [5.74, 6) is 0.254. The lowest BCUT2D eigenvalue weighted by Gasteiger charge is -2.37. The highest BCUT2D eigenvalue weighted by Gasteiger charge is 2.41. The maximum absolute atomic E-state index is 12.8. The minimum Gasteiger partial charge on any atom is -0.371 e. The zero-order valence-corrected chi connectivity index (χ0v) is 14.8. The average Bonchev–Trinajstić information content (AvgIpc) is 2.89. The van der Waals surface area contributed by atoms with E-state index in [1.54, 1.807) is 0 Å². The van der Waals surface area contributed by atoms with Crippen LogP contribution in [0.25, 0.3) is 0 Å². The van der Waals surface area contributed by atoms with E-state index in [4.69, 9.17) is 16.3 Å². The van der Waals surface area contributed by atoms with Crippen LogP contribution in [0.2, 0.25) is 5.02 Å². The molecule has 0 bridgehead atoms. The Balaban J connectivity index is 1.71. The second kappa shape index (κ2) is 6.42. The van der Waals surface area contributed by atoms with Gasteiger partial charge in [0.2, 0.25) is 5.91 Å². The van der Waals surface area contributed by atoms with Crippen LogP contribution in [0.5, 0.6) is 0 Å².